The van der Waals surface area contributed by atoms with Gasteiger partial charge in [0.25, 0.3) is 0 Å². The van der Waals surface area contributed by atoms with E-state index in [1.807, 2.05) is 0 Å². The summed E-state index contributed by atoms with van der Waals surface area (Å²) < 4.78 is 0. The Morgan fingerprint density at radius 1 is 1.64 bits per heavy atom. The lowest BCUT2D eigenvalue weighted by molar-refractivity contribution is -0.462. The second kappa shape index (κ2) is 4.51. The monoisotopic (exact) mass is 161 g/mol. The molecule has 0 aliphatic rings. The van der Waals surface area contributed by atoms with E-state index in [1.54, 1.807) is 0 Å². The molecule has 6 nitrogen and oxygen atoms in total. The number of nitrogens with one attached hydrogen (secondary N) is 1. The van der Waals surface area contributed by atoms with Gasteiger partial charge in [-0.3, -0.25) is 26.5 Å². The van der Waals surface area contributed by atoms with Crippen LogP contribution in [0.3, 0.4) is 0 Å². The van der Waals surface area contributed by atoms with Crippen molar-refractivity contribution in [3.8, 4) is 0 Å². The molecule has 0 aromatic heterocycles. The summed E-state index contributed by atoms with van der Waals surface area (Å²) in [5.74, 6) is -0.343. The quantitative estimate of drug-likeness (QED) is 0.150. The van der Waals surface area contributed by atoms with Gasteiger partial charge in [0, 0.05) is 6.92 Å². The summed E-state index contributed by atoms with van der Waals surface area (Å²) in [6, 6.07) is 0. The Labute approximate surface area is 64.4 Å². The lowest BCUT2D eigenvalue weighted by Crippen LogP contribution is -2.79. The van der Waals surface area contributed by atoms with Crippen molar-refractivity contribution >= 4 is 11.9 Å². The summed E-state index contributed by atoms with van der Waals surface area (Å²) in [5, 5.41) is 9.37. The Bertz CT molecular complexity index is 164. The molecule has 0 rings (SSSR count). The molecule has 0 spiro atoms. The molecule has 0 fully saturated rings. The number of amides is 1. The van der Waals surface area contributed by atoms with Gasteiger partial charge in [-0.25, -0.2) is 5.06 Å². The van der Waals surface area contributed by atoms with Crippen LogP contribution in [0.15, 0.2) is 0 Å². The largest absolute Gasteiger partial charge is 0.338 e. The molecule has 0 aromatic rings. The Kier molecular flexibility index (Phi) is 3.97. The van der Waals surface area contributed by atoms with E-state index in [0.717, 1.165) is 0 Å². The van der Waals surface area contributed by atoms with Gasteiger partial charge >= 0.3 is 5.96 Å². The summed E-state index contributed by atoms with van der Waals surface area (Å²) >= 11 is 0. The number of carbonyl (C=O) groups excluding carboxylic acids is 1. The van der Waals surface area contributed by atoms with Crippen molar-refractivity contribution in [3.63, 3.8) is 0 Å². The number of rotatable bonds is 3. The van der Waals surface area contributed by atoms with Crippen molar-refractivity contribution in [2.24, 2.45) is 11.5 Å². The molecule has 6 N–H and O–H groups in total. The van der Waals surface area contributed by atoms with Crippen LogP contribution in [0.2, 0.25) is 0 Å². The maximum Gasteiger partial charge on any atom is 0.338 e. The smallest absolute Gasteiger partial charge is 0.291 e. The first-order valence-corrected chi connectivity index (χ1v) is 3.12. The summed E-state index contributed by atoms with van der Waals surface area (Å²) in [6.45, 7) is 1.75. The van der Waals surface area contributed by atoms with E-state index in [1.165, 1.54) is 6.92 Å². The number of nitrogens with zero attached hydrogens (tertiary/aromatic N) is 1. The predicted octanol–water partition coefficient (Wildman–Crippen LogP) is -3.42. The number of hydrogen-bond donors (Lipinski definition) is 4. The lowest BCUT2D eigenvalue weighted by atomic mass is 10.6. The fourth-order valence-corrected chi connectivity index (χ4v) is 0.464. The maximum atomic E-state index is 10.4. The van der Waals surface area contributed by atoms with E-state index < -0.39 is 5.91 Å². The molecule has 0 aromatic carbocycles. The zero-order chi connectivity index (χ0) is 8.85. The van der Waals surface area contributed by atoms with E-state index in [0.29, 0.717) is 11.6 Å². The minimum Gasteiger partial charge on any atom is -0.291 e. The van der Waals surface area contributed by atoms with Gasteiger partial charge in [0.15, 0.2) is 0 Å². The van der Waals surface area contributed by atoms with Crippen molar-refractivity contribution < 1.29 is 15.0 Å². The third-order valence-corrected chi connectivity index (χ3v) is 1.02. The summed E-state index contributed by atoms with van der Waals surface area (Å²) in [5.41, 5.74) is 10.1. The average Bonchev–Trinajstić information content (AvgIpc) is 1.86. The lowest BCUT2D eigenvalue weighted by Gasteiger charge is -2.08. The topological polar surface area (TPSA) is 107 Å². The van der Waals surface area contributed by atoms with Crippen molar-refractivity contribution in [3.05, 3.63) is 0 Å². The van der Waals surface area contributed by atoms with E-state index in [2.05, 4.69) is 4.99 Å². The third kappa shape index (κ3) is 5.16. The molecule has 0 heterocycles. The summed E-state index contributed by atoms with van der Waals surface area (Å²) in [7, 11) is 0. The molecule has 0 radical (unpaired) electrons. The van der Waals surface area contributed by atoms with E-state index in [4.69, 9.17) is 16.7 Å². The summed E-state index contributed by atoms with van der Waals surface area (Å²) in [4.78, 5) is 12.9. The van der Waals surface area contributed by atoms with E-state index in [9.17, 15) is 4.79 Å². The van der Waals surface area contributed by atoms with Crippen LogP contribution in [0, 0.1) is 0 Å². The maximum absolute atomic E-state index is 10.4. The first-order valence-electron chi connectivity index (χ1n) is 3.12. The molecule has 1 amide bonds. The normalized spacial score (nSPS) is 8.91. The van der Waals surface area contributed by atoms with Gasteiger partial charge in [0.2, 0.25) is 5.91 Å². The van der Waals surface area contributed by atoms with Crippen LogP contribution >= 0.6 is 0 Å². The van der Waals surface area contributed by atoms with Crippen LogP contribution in [0.5, 0.6) is 0 Å². The highest BCUT2D eigenvalue weighted by Gasteiger charge is 2.02. The highest BCUT2D eigenvalue weighted by Crippen LogP contribution is 1.77. The number of hydroxylamine groups is 2. The van der Waals surface area contributed by atoms with Gasteiger partial charge in [0.1, 0.15) is 0 Å². The van der Waals surface area contributed by atoms with Gasteiger partial charge in [-0.15, -0.1) is 0 Å². The average molecular weight is 161 g/mol. The molecule has 64 valence electrons. The second-order valence-electron chi connectivity index (χ2n) is 2.02. The van der Waals surface area contributed by atoms with Gasteiger partial charge in [-0.2, -0.15) is 0 Å². The van der Waals surface area contributed by atoms with Crippen LogP contribution < -0.4 is 16.5 Å². The molecular formula is C5H13N4O2+. The summed E-state index contributed by atoms with van der Waals surface area (Å²) in [6.07, 6.45) is 0. The van der Waals surface area contributed by atoms with E-state index in [-0.39, 0.29) is 12.5 Å². The van der Waals surface area contributed by atoms with Gasteiger partial charge in [0.05, 0.1) is 13.1 Å². The van der Waals surface area contributed by atoms with E-state index >= 15 is 0 Å². The van der Waals surface area contributed by atoms with Crippen LogP contribution in [-0.4, -0.2) is 35.2 Å². The van der Waals surface area contributed by atoms with Crippen molar-refractivity contribution in [1.29, 1.82) is 0 Å². The van der Waals surface area contributed by atoms with Crippen LogP contribution in [-0.2, 0) is 4.79 Å². The van der Waals surface area contributed by atoms with Gasteiger partial charge in [-0.05, 0) is 0 Å². The number of guanidine groups is 1. The standard InChI is InChI=1S/C5H12N4O2/c1-4(10)9(11)3-2-8-5(6)7/h11H,2-3H2,1H3,(H4,6,7,8)/p+1. The molecule has 11 heavy (non-hydrogen) atoms. The molecule has 0 aliphatic carbocycles. The van der Waals surface area contributed by atoms with Gasteiger partial charge < -0.3 is 0 Å². The molecular weight excluding hydrogens is 148 g/mol. The zero-order valence-corrected chi connectivity index (χ0v) is 6.37. The number of hydrogen-bond acceptors (Lipinski definition) is 2. The highest BCUT2D eigenvalue weighted by atomic mass is 16.5. The molecule has 6 heteroatoms. The first kappa shape index (κ1) is 9.70. The van der Waals surface area contributed by atoms with Crippen LogP contribution in [0.1, 0.15) is 6.92 Å². The number of nitrogens with two attached hydrogens (primary N) is 2. The molecule has 0 unspecified atom stereocenters. The van der Waals surface area contributed by atoms with Crippen LogP contribution in [0.25, 0.3) is 0 Å². The zero-order valence-electron chi connectivity index (χ0n) is 6.37. The molecule has 0 aliphatic heterocycles. The van der Waals surface area contributed by atoms with Gasteiger partial charge in [-0.1, -0.05) is 0 Å². The Morgan fingerprint density at radius 3 is 2.55 bits per heavy atom. The minimum atomic E-state index is -0.414. The Balaban J connectivity index is 3.55. The Morgan fingerprint density at radius 2 is 2.18 bits per heavy atom. The number of carbonyl (C=O) groups is 1. The molecule has 0 saturated heterocycles. The fourth-order valence-electron chi connectivity index (χ4n) is 0.464. The van der Waals surface area contributed by atoms with Crippen molar-refractivity contribution in [2.45, 2.75) is 6.92 Å². The van der Waals surface area contributed by atoms with Crippen molar-refractivity contribution in [2.75, 3.05) is 13.1 Å². The second-order valence-corrected chi connectivity index (χ2v) is 2.02. The van der Waals surface area contributed by atoms with Crippen LogP contribution in [0.4, 0.5) is 0 Å². The van der Waals surface area contributed by atoms with Crippen molar-refractivity contribution in [1.82, 2.24) is 5.06 Å². The molecule has 0 bridgehead atoms. The fraction of sp³-hybridized carbons (Fsp3) is 0.600. The first-order chi connectivity index (χ1) is 5.04. The third-order valence-electron chi connectivity index (χ3n) is 1.02. The SMILES string of the molecule is CC(=O)N(O)CC[NH+]=C(N)N. The molecule has 0 atom stereocenters. The minimum absolute atomic E-state index is 0.0713. The predicted molar refractivity (Wildman–Crippen MR) is 38.4 cm³/mol. The highest BCUT2D eigenvalue weighted by molar-refractivity contribution is 5.71. The molecule has 0 saturated carbocycles. The Hall–Kier alpha value is -1.30.